The molecule has 5 rings (SSSR count). The number of rotatable bonds is 8. The molecule has 218 valence electrons. The third-order valence-electron chi connectivity index (χ3n) is 6.39. The fourth-order valence-corrected chi connectivity index (χ4v) is 4.24. The number of aryl methyl sites for hydroxylation is 1. The van der Waals surface area contributed by atoms with Gasteiger partial charge in [-0.15, -0.1) is 0 Å². The van der Waals surface area contributed by atoms with Crippen molar-refractivity contribution in [1.29, 1.82) is 5.41 Å². The number of carbonyl (C=O) groups excluding carboxylic acids is 1. The molecule has 4 aromatic rings. The number of nitrogens with zero attached hydrogens (tertiary/aromatic N) is 5. The lowest BCUT2D eigenvalue weighted by Crippen LogP contribution is -2.42. The Bertz CT molecular complexity index is 1910. The number of benzene rings is 1. The van der Waals surface area contributed by atoms with Crippen molar-refractivity contribution in [2.24, 2.45) is 7.05 Å². The second-order valence-corrected chi connectivity index (χ2v) is 9.80. The van der Waals surface area contributed by atoms with E-state index in [0.29, 0.717) is 17.2 Å². The smallest absolute Gasteiger partial charge is 0.335 e. The Labute approximate surface area is 244 Å². The van der Waals surface area contributed by atoms with E-state index in [-0.39, 0.29) is 23.1 Å². The van der Waals surface area contributed by atoms with Gasteiger partial charge < -0.3 is 25.3 Å². The van der Waals surface area contributed by atoms with Crippen molar-refractivity contribution >= 4 is 23.5 Å². The van der Waals surface area contributed by atoms with Crippen LogP contribution in [0.15, 0.2) is 101 Å². The summed E-state index contributed by atoms with van der Waals surface area (Å²) in [6.07, 6.45) is 12.3. The lowest BCUT2D eigenvalue weighted by molar-refractivity contribution is 0.102. The maximum absolute atomic E-state index is 13.5. The normalized spacial score (nSPS) is 13.7. The molecule has 4 heterocycles. The average molecular weight is 583 g/mol. The first-order chi connectivity index (χ1) is 20.6. The van der Waals surface area contributed by atoms with Crippen LogP contribution < -0.4 is 26.6 Å². The zero-order chi connectivity index (χ0) is 30.7. The second kappa shape index (κ2) is 11.9. The maximum Gasteiger partial charge on any atom is 0.335 e. The first-order valence-corrected chi connectivity index (χ1v) is 13.1. The highest BCUT2D eigenvalue weighted by atomic mass is 19.1. The van der Waals surface area contributed by atoms with Crippen molar-refractivity contribution in [1.82, 2.24) is 29.0 Å². The Morgan fingerprint density at radius 3 is 2.51 bits per heavy atom. The van der Waals surface area contributed by atoms with E-state index in [2.05, 4.69) is 20.6 Å². The Morgan fingerprint density at radius 2 is 1.88 bits per heavy atom. The summed E-state index contributed by atoms with van der Waals surface area (Å²) in [7, 11) is 1.86. The van der Waals surface area contributed by atoms with E-state index < -0.39 is 23.0 Å². The van der Waals surface area contributed by atoms with E-state index in [0.717, 1.165) is 34.2 Å². The van der Waals surface area contributed by atoms with E-state index in [1.807, 2.05) is 17.8 Å². The van der Waals surface area contributed by atoms with Gasteiger partial charge in [0.05, 0.1) is 29.6 Å². The number of imidazole rings is 1. The van der Waals surface area contributed by atoms with E-state index >= 15 is 0 Å². The minimum Gasteiger partial charge on any atom is -0.454 e. The van der Waals surface area contributed by atoms with Crippen LogP contribution in [0.3, 0.4) is 0 Å². The molecule has 1 aliphatic rings. The Kier molecular flexibility index (Phi) is 7.96. The predicted molar refractivity (Wildman–Crippen MR) is 159 cm³/mol. The molecule has 3 N–H and O–H groups in total. The molecule has 0 saturated carbocycles. The largest absolute Gasteiger partial charge is 0.454 e. The lowest BCUT2D eigenvalue weighted by atomic mass is 10.1. The van der Waals surface area contributed by atoms with Crippen molar-refractivity contribution < 1.29 is 13.9 Å². The molecule has 0 atom stereocenters. The quantitative estimate of drug-likeness (QED) is 0.269. The number of pyridine rings is 1. The van der Waals surface area contributed by atoms with Gasteiger partial charge in [0.1, 0.15) is 22.9 Å². The first-order valence-electron chi connectivity index (χ1n) is 13.1. The molecule has 1 amide bonds. The van der Waals surface area contributed by atoms with Crippen LogP contribution in [0.1, 0.15) is 35.9 Å². The summed E-state index contributed by atoms with van der Waals surface area (Å²) in [4.78, 5) is 48.1. The van der Waals surface area contributed by atoms with Gasteiger partial charge in [-0.05, 0) is 62.4 Å². The summed E-state index contributed by atoms with van der Waals surface area (Å²) in [5, 5.41) is 13.1. The maximum atomic E-state index is 13.5. The zero-order valence-corrected chi connectivity index (χ0v) is 23.4. The van der Waals surface area contributed by atoms with E-state index in [4.69, 9.17) is 10.1 Å². The predicted octanol–water partition coefficient (Wildman–Crippen LogP) is 3.54. The van der Waals surface area contributed by atoms with Crippen molar-refractivity contribution in [3.8, 4) is 11.4 Å². The van der Waals surface area contributed by atoms with Crippen LogP contribution in [-0.4, -0.2) is 35.8 Å². The highest BCUT2D eigenvalue weighted by molar-refractivity contribution is 6.03. The minimum absolute atomic E-state index is 0.129. The minimum atomic E-state index is -0.857. The summed E-state index contributed by atoms with van der Waals surface area (Å²) in [6.45, 7) is 3.47. The summed E-state index contributed by atoms with van der Waals surface area (Å²) in [5.74, 6) is -0.417. The Balaban J connectivity index is 1.39. The number of amides is 1. The van der Waals surface area contributed by atoms with Crippen molar-refractivity contribution in [3.05, 3.63) is 129 Å². The van der Waals surface area contributed by atoms with Gasteiger partial charge in [-0.25, -0.2) is 23.7 Å². The van der Waals surface area contributed by atoms with E-state index in [1.165, 1.54) is 41.2 Å². The number of dihydropyridines is 1. The Morgan fingerprint density at radius 1 is 1.12 bits per heavy atom. The van der Waals surface area contributed by atoms with Crippen LogP contribution >= 0.6 is 0 Å². The molecular weight excluding hydrogens is 555 g/mol. The average Bonchev–Trinajstić information content (AvgIpc) is 3.42. The SMILES string of the molecule is CC(C)n1cc(C(=O)Nc2ccc(OC3=CC(c4cn(C)cn4)=CN/C3=C\C=N)cn2)c(=O)n(-c2ccc(F)cc2)c1=O. The van der Waals surface area contributed by atoms with Gasteiger partial charge >= 0.3 is 5.69 Å². The second-order valence-electron chi connectivity index (χ2n) is 9.80. The number of aromatic nitrogens is 5. The fourth-order valence-electron chi connectivity index (χ4n) is 4.24. The third-order valence-corrected chi connectivity index (χ3v) is 6.39. The molecule has 43 heavy (non-hydrogen) atoms. The molecule has 0 saturated heterocycles. The van der Waals surface area contributed by atoms with Crippen LogP contribution in [0, 0.1) is 11.2 Å². The number of hydrogen-bond donors (Lipinski definition) is 3. The molecule has 0 radical (unpaired) electrons. The molecule has 1 aromatic carbocycles. The molecule has 0 fully saturated rings. The van der Waals surface area contributed by atoms with Gasteiger partial charge in [0.15, 0.2) is 5.76 Å². The first kappa shape index (κ1) is 28.7. The van der Waals surface area contributed by atoms with Crippen molar-refractivity contribution in [2.45, 2.75) is 19.9 Å². The topological polar surface area (TPSA) is 149 Å². The third kappa shape index (κ3) is 6.10. The lowest BCUT2D eigenvalue weighted by Gasteiger charge is -2.18. The van der Waals surface area contributed by atoms with Gasteiger partial charge in [0, 0.05) is 43.5 Å². The highest BCUT2D eigenvalue weighted by Gasteiger charge is 2.21. The van der Waals surface area contributed by atoms with Gasteiger partial charge in [-0.2, -0.15) is 0 Å². The Hall–Kier alpha value is -5.85. The summed E-state index contributed by atoms with van der Waals surface area (Å²) in [5.41, 5.74) is 0.353. The molecule has 0 unspecified atom stereocenters. The standard InChI is InChI=1S/C30H27FN8O4/c1-18(2)38-15-23(29(41)39(30(38)42)21-6-4-20(31)5-7-21)28(40)36-27-9-8-22(14-34-27)43-26-12-19(13-33-24(26)10-11-32)25-16-37(3)17-35-25/h4-18,32-33H,1-3H3,(H,34,36,40)/b24-10-,32-11?. The van der Waals surface area contributed by atoms with E-state index in [1.54, 1.807) is 38.5 Å². The van der Waals surface area contributed by atoms with Gasteiger partial charge in [0.25, 0.3) is 11.5 Å². The van der Waals surface area contributed by atoms with Gasteiger partial charge in [-0.3, -0.25) is 14.2 Å². The van der Waals surface area contributed by atoms with Crippen molar-refractivity contribution in [3.63, 3.8) is 0 Å². The molecule has 0 spiro atoms. The van der Waals surface area contributed by atoms with Gasteiger partial charge in [-0.1, -0.05) is 0 Å². The number of anilines is 1. The van der Waals surface area contributed by atoms with Crippen LogP contribution in [-0.2, 0) is 7.05 Å². The number of halogens is 1. The number of carbonyl (C=O) groups is 1. The summed E-state index contributed by atoms with van der Waals surface area (Å²) >= 11 is 0. The molecule has 1 aliphatic heterocycles. The number of allylic oxidation sites excluding steroid dienone is 3. The number of nitrogens with one attached hydrogen (secondary N) is 3. The molecule has 3 aromatic heterocycles. The van der Waals surface area contributed by atoms with Gasteiger partial charge in [0.2, 0.25) is 0 Å². The molecule has 12 nitrogen and oxygen atoms in total. The zero-order valence-electron chi connectivity index (χ0n) is 23.4. The fraction of sp³-hybridized carbons (Fsp3) is 0.133. The van der Waals surface area contributed by atoms with Crippen LogP contribution in [0.25, 0.3) is 11.3 Å². The van der Waals surface area contributed by atoms with Crippen LogP contribution in [0.2, 0.25) is 0 Å². The van der Waals surface area contributed by atoms with Crippen molar-refractivity contribution in [2.75, 3.05) is 5.32 Å². The highest BCUT2D eigenvalue weighted by Crippen LogP contribution is 2.25. The van der Waals surface area contributed by atoms with Crippen LogP contribution in [0.4, 0.5) is 10.2 Å². The van der Waals surface area contributed by atoms with Crippen LogP contribution in [0.5, 0.6) is 5.75 Å². The molecule has 13 heteroatoms. The molecule has 0 bridgehead atoms. The number of ether oxygens (including phenoxy) is 1. The summed E-state index contributed by atoms with van der Waals surface area (Å²) < 4.78 is 23.4. The molecule has 0 aliphatic carbocycles. The monoisotopic (exact) mass is 582 g/mol. The van der Waals surface area contributed by atoms with E-state index in [9.17, 15) is 18.8 Å². The summed E-state index contributed by atoms with van der Waals surface area (Å²) in [6, 6.07) is 7.54. The molecular formula is C30H27FN8O4. The number of hydrogen-bond acceptors (Lipinski definition) is 8.